The molecule has 0 fully saturated rings. The molecule has 0 amide bonds. The van der Waals surface area contributed by atoms with Gasteiger partial charge in [0.1, 0.15) is 24.0 Å². The van der Waals surface area contributed by atoms with Crippen molar-refractivity contribution in [2.75, 3.05) is 11.9 Å². The van der Waals surface area contributed by atoms with Crippen LogP contribution in [0.4, 0.5) is 5.82 Å². The Kier molecular flexibility index (Phi) is 3.74. The molecular weight excluding hydrogens is 264 g/mol. The molecule has 3 aromatic rings. The Morgan fingerprint density at radius 2 is 2.19 bits per heavy atom. The minimum absolute atomic E-state index is 0.563. The normalized spacial score (nSPS) is 10.4. The summed E-state index contributed by atoms with van der Waals surface area (Å²) in [6.07, 6.45) is 3.19. The van der Waals surface area contributed by atoms with Gasteiger partial charge in [-0.05, 0) is 18.6 Å². The number of nitriles is 1. The molecule has 0 aliphatic carbocycles. The van der Waals surface area contributed by atoms with E-state index in [9.17, 15) is 5.26 Å². The summed E-state index contributed by atoms with van der Waals surface area (Å²) in [7, 11) is 0. The third kappa shape index (κ3) is 2.98. The number of fused-ring (bicyclic) bond motifs is 1. The molecular formula is C15H14N6. The van der Waals surface area contributed by atoms with Crippen LogP contribution in [0.2, 0.25) is 0 Å². The van der Waals surface area contributed by atoms with Gasteiger partial charge in [-0.15, -0.1) is 0 Å². The summed E-state index contributed by atoms with van der Waals surface area (Å²) in [4.78, 5) is 8.58. The maximum Gasteiger partial charge on any atom is 0.144 e. The molecule has 0 radical (unpaired) electrons. The van der Waals surface area contributed by atoms with Crippen molar-refractivity contribution in [3.05, 3.63) is 48.0 Å². The number of pyridine rings is 1. The van der Waals surface area contributed by atoms with Gasteiger partial charge in [-0.3, -0.25) is 5.10 Å². The van der Waals surface area contributed by atoms with Gasteiger partial charge in [0.05, 0.1) is 11.1 Å². The molecule has 0 spiro atoms. The van der Waals surface area contributed by atoms with Crippen molar-refractivity contribution in [2.24, 2.45) is 0 Å². The van der Waals surface area contributed by atoms with Gasteiger partial charge in [0, 0.05) is 18.4 Å². The van der Waals surface area contributed by atoms with Crippen LogP contribution in [0, 0.1) is 11.3 Å². The molecule has 0 saturated carbocycles. The Labute approximate surface area is 121 Å². The average molecular weight is 278 g/mol. The zero-order chi connectivity index (χ0) is 14.5. The first kappa shape index (κ1) is 13.1. The number of nitrogens with zero attached hydrogens (tertiary/aromatic N) is 4. The summed E-state index contributed by atoms with van der Waals surface area (Å²) in [5.41, 5.74) is 1.45. The lowest BCUT2D eigenvalue weighted by Gasteiger charge is -2.08. The predicted octanol–water partition coefficient (Wildman–Crippen LogP) is 2.27. The van der Waals surface area contributed by atoms with Crippen LogP contribution in [-0.2, 0) is 6.42 Å². The minimum atomic E-state index is 0.563. The second-order valence-electron chi connectivity index (χ2n) is 4.65. The van der Waals surface area contributed by atoms with E-state index in [1.165, 1.54) is 6.33 Å². The number of aromatic nitrogens is 4. The molecule has 21 heavy (non-hydrogen) atoms. The van der Waals surface area contributed by atoms with E-state index < -0.39 is 0 Å². The van der Waals surface area contributed by atoms with Gasteiger partial charge < -0.3 is 5.32 Å². The topological polar surface area (TPSA) is 90.3 Å². The lowest BCUT2D eigenvalue weighted by atomic mass is 10.1. The SMILES string of the molecule is N#Cc1cc2ccccc2nc1NCCCc1ncn[nH]1. The van der Waals surface area contributed by atoms with Crippen LogP contribution >= 0.6 is 0 Å². The Morgan fingerprint density at radius 1 is 1.29 bits per heavy atom. The zero-order valence-electron chi connectivity index (χ0n) is 11.4. The van der Waals surface area contributed by atoms with Gasteiger partial charge in [0.25, 0.3) is 0 Å². The number of anilines is 1. The number of rotatable bonds is 5. The van der Waals surface area contributed by atoms with Crippen molar-refractivity contribution in [3.8, 4) is 6.07 Å². The summed E-state index contributed by atoms with van der Waals surface area (Å²) < 4.78 is 0. The summed E-state index contributed by atoms with van der Waals surface area (Å²) in [5.74, 6) is 1.50. The van der Waals surface area contributed by atoms with E-state index in [2.05, 4.69) is 31.6 Å². The largest absolute Gasteiger partial charge is 0.369 e. The van der Waals surface area contributed by atoms with Crippen LogP contribution in [0.5, 0.6) is 0 Å². The Bertz CT molecular complexity index is 772. The van der Waals surface area contributed by atoms with Crippen molar-refractivity contribution in [2.45, 2.75) is 12.8 Å². The fourth-order valence-electron chi connectivity index (χ4n) is 2.15. The fraction of sp³-hybridized carbons (Fsp3) is 0.200. The molecule has 6 nitrogen and oxygen atoms in total. The van der Waals surface area contributed by atoms with Crippen LogP contribution in [0.25, 0.3) is 10.9 Å². The summed E-state index contributed by atoms with van der Waals surface area (Å²) >= 11 is 0. The molecule has 3 rings (SSSR count). The maximum atomic E-state index is 9.23. The molecule has 2 heterocycles. The highest BCUT2D eigenvalue weighted by Gasteiger charge is 2.06. The Balaban J connectivity index is 1.69. The van der Waals surface area contributed by atoms with E-state index in [-0.39, 0.29) is 0 Å². The highest BCUT2D eigenvalue weighted by atomic mass is 15.2. The maximum absolute atomic E-state index is 9.23. The smallest absolute Gasteiger partial charge is 0.144 e. The molecule has 1 aromatic carbocycles. The molecule has 0 saturated heterocycles. The molecule has 2 N–H and O–H groups in total. The lowest BCUT2D eigenvalue weighted by Crippen LogP contribution is -2.07. The van der Waals surface area contributed by atoms with Crippen LogP contribution in [0.3, 0.4) is 0 Å². The van der Waals surface area contributed by atoms with Gasteiger partial charge in [-0.2, -0.15) is 10.4 Å². The summed E-state index contributed by atoms with van der Waals surface area (Å²) in [5, 5.41) is 20.1. The Morgan fingerprint density at radius 3 is 3.00 bits per heavy atom. The van der Waals surface area contributed by atoms with Crippen LogP contribution in [0.15, 0.2) is 36.7 Å². The van der Waals surface area contributed by atoms with E-state index >= 15 is 0 Å². The molecule has 0 aliphatic rings. The van der Waals surface area contributed by atoms with E-state index in [0.29, 0.717) is 11.4 Å². The number of H-pyrrole nitrogens is 1. The number of nitrogens with one attached hydrogen (secondary N) is 2. The first-order valence-corrected chi connectivity index (χ1v) is 6.75. The van der Waals surface area contributed by atoms with Gasteiger partial charge in [-0.25, -0.2) is 9.97 Å². The number of aromatic amines is 1. The summed E-state index contributed by atoms with van der Waals surface area (Å²) in [6.45, 7) is 0.723. The standard InChI is InChI=1S/C15H14N6/c16-9-12-8-11-4-1-2-5-13(11)20-15(12)17-7-3-6-14-18-10-19-21-14/h1-2,4-5,8,10H,3,6-7H2,(H,17,20)(H,18,19,21). The predicted molar refractivity (Wildman–Crippen MR) is 79.7 cm³/mol. The third-order valence-electron chi connectivity index (χ3n) is 3.19. The molecule has 0 bridgehead atoms. The monoisotopic (exact) mass is 278 g/mol. The average Bonchev–Trinajstić information content (AvgIpc) is 3.04. The number of aryl methyl sites for hydroxylation is 1. The van der Waals surface area contributed by atoms with E-state index in [1.54, 1.807) is 0 Å². The molecule has 0 unspecified atom stereocenters. The lowest BCUT2D eigenvalue weighted by molar-refractivity contribution is 0.804. The molecule has 0 atom stereocenters. The number of para-hydroxylation sites is 1. The third-order valence-corrected chi connectivity index (χ3v) is 3.19. The van der Waals surface area contributed by atoms with E-state index in [1.807, 2.05) is 30.3 Å². The second kappa shape index (κ2) is 6.01. The van der Waals surface area contributed by atoms with Crippen LogP contribution in [0.1, 0.15) is 17.8 Å². The van der Waals surface area contributed by atoms with Crippen LogP contribution < -0.4 is 5.32 Å². The highest BCUT2D eigenvalue weighted by Crippen LogP contribution is 2.19. The van der Waals surface area contributed by atoms with Gasteiger partial charge in [0.2, 0.25) is 0 Å². The first-order valence-electron chi connectivity index (χ1n) is 6.75. The van der Waals surface area contributed by atoms with Crippen LogP contribution in [-0.4, -0.2) is 26.7 Å². The van der Waals surface area contributed by atoms with Crippen molar-refractivity contribution in [1.82, 2.24) is 20.2 Å². The van der Waals surface area contributed by atoms with Crippen molar-refractivity contribution in [1.29, 1.82) is 5.26 Å². The molecule has 0 aliphatic heterocycles. The van der Waals surface area contributed by atoms with E-state index in [4.69, 9.17) is 0 Å². The van der Waals surface area contributed by atoms with Crippen molar-refractivity contribution < 1.29 is 0 Å². The molecule has 104 valence electrons. The summed E-state index contributed by atoms with van der Waals surface area (Å²) in [6, 6.07) is 11.8. The van der Waals surface area contributed by atoms with Crippen molar-refractivity contribution >= 4 is 16.7 Å². The zero-order valence-corrected chi connectivity index (χ0v) is 11.4. The van der Waals surface area contributed by atoms with Crippen molar-refractivity contribution in [3.63, 3.8) is 0 Å². The van der Waals surface area contributed by atoms with Gasteiger partial charge >= 0.3 is 0 Å². The minimum Gasteiger partial charge on any atom is -0.369 e. The quantitative estimate of drug-likeness (QED) is 0.699. The van der Waals surface area contributed by atoms with Gasteiger partial charge in [-0.1, -0.05) is 18.2 Å². The fourth-order valence-corrected chi connectivity index (χ4v) is 2.15. The highest BCUT2D eigenvalue weighted by molar-refractivity contribution is 5.82. The Hall–Kier alpha value is -2.94. The number of hydrogen-bond donors (Lipinski definition) is 2. The molecule has 2 aromatic heterocycles. The number of benzene rings is 1. The van der Waals surface area contributed by atoms with E-state index in [0.717, 1.165) is 36.1 Å². The van der Waals surface area contributed by atoms with Gasteiger partial charge in [0.15, 0.2) is 0 Å². The number of hydrogen-bond acceptors (Lipinski definition) is 5. The molecule has 6 heteroatoms. The second-order valence-corrected chi connectivity index (χ2v) is 4.65. The first-order chi connectivity index (χ1) is 10.4.